The summed E-state index contributed by atoms with van der Waals surface area (Å²) in [4.78, 5) is 14.7. The summed E-state index contributed by atoms with van der Waals surface area (Å²) in [7, 11) is 0. The highest BCUT2D eigenvalue weighted by molar-refractivity contribution is 7.99. The molecular formula is C11H15NO2S. The van der Waals surface area contributed by atoms with Crippen molar-refractivity contribution in [3.8, 4) is 0 Å². The van der Waals surface area contributed by atoms with Crippen LogP contribution in [0.5, 0.6) is 0 Å². The van der Waals surface area contributed by atoms with Gasteiger partial charge in [-0.1, -0.05) is 26.8 Å². The minimum Gasteiger partial charge on any atom is -0.477 e. The summed E-state index contributed by atoms with van der Waals surface area (Å²) in [5.74, 6) is -0.234. The third kappa shape index (κ3) is 4.34. The highest BCUT2D eigenvalue weighted by Crippen LogP contribution is 2.26. The van der Waals surface area contributed by atoms with Crippen molar-refractivity contribution in [3.63, 3.8) is 0 Å². The number of thioether (sulfide) groups is 1. The number of aromatic nitrogens is 1. The van der Waals surface area contributed by atoms with Crippen LogP contribution in [-0.2, 0) is 5.75 Å². The molecule has 1 N–H and O–H groups in total. The van der Waals surface area contributed by atoms with Gasteiger partial charge in [0.25, 0.3) is 0 Å². The SMILES string of the molecule is CC(C)(C)SCc1cccc(C(=O)O)n1. The van der Waals surface area contributed by atoms with E-state index in [0.29, 0.717) is 0 Å². The van der Waals surface area contributed by atoms with Crippen molar-refractivity contribution in [1.29, 1.82) is 0 Å². The normalized spacial score (nSPS) is 11.4. The zero-order valence-electron chi connectivity index (χ0n) is 9.15. The first-order chi connectivity index (χ1) is 6.88. The fourth-order valence-electron chi connectivity index (χ4n) is 0.970. The minimum absolute atomic E-state index is 0.113. The summed E-state index contributed by atoms with van der Waals surface area (Å²) in [5.41, 5.74) is 0.928. The Morgan fingerprint density at radius 3 is 2.67 bits per heavy atom. The quantitative estimate of drug-likeness (QED) is 0.859. The second-order valence-corrected chi connectivity index (χ2v) is 6.02. The van der Waals surface area contributed by atoms with Gasteiger partial charge in [0.05, 0.1) is 5.69 Å². The molecule has 0 spiro atoms. The molecule has 0 aromatic carbocycles. The summed E-state index contributed by atoms with van der Waals surface area (Å²) < 4.78 is 0.168. The van der Waals surface area contributed by atoms with Crippen LogP contribution in [0.4, 0.5) is 0 Å². The number of carbonyl (C=O) groups is 1. The lowest BCUT2D eigenvalue weighted by Gasteiger charge is -2.16. The Hall–Kier alpha value is -1.03. The first-order valence-electron chi connectivity index (χ1n) is 4.72. The molecule has 1 rings (SSSR count). The Labute approximate surface area is 93.9 Å². The van der Waals surface area contributed by atoms with Crippen molar-refractivity contribution < 1.29 is 9.90 Å². The number of hydrogen-bond donors (Lipinski definition) is 1. The maximum atomic E-state index is 10.7. The lowest BCUT2D eigenvalue weighted by atomic mass is 10.3. The second-order valence-electron chi connectivity index (χ2n) is 4.22. The number of aromatic carboxylic acids is 1. The molecule has 1 aromatic rings. The van der Waals surface area contributed by atoms with Gasteiger partial charge in [0.15, 0.2) is 0 Å². The van der Waals surface area contributed by atoms with Gasteiger partial charge in [0.1, 0.15) is 5.69 Å². The standard InChI is InChI=1S/C11H15NO2S/c1-11(2,3)15-7-8-5-4-6-9(12-8)10(13)14/h4-6H,7H2,1-3H3,(H,13,14). The molecule has 0 atom stereocenters. The second kappa shape index (κ2) is 4.66. The molecule has 0 bridgehead atoms. The van der Waals surface area contributed by atoms with Gasteiger partial charge >= 0.3 is 5.97 Å². The average Bonchev–Trinajstić information content (AvgIpc) is 2.14. The molecule has 0 saturated heterocycles. The van der Waals surface area contributed by atoms with E-state index < -0.39 is 5.97 Å². The van der Waals surface area contributed by atoms with E-state index in [1.54, 1.807) is 17.8 Å². The zero-order valence-corrected chi connectivity index (χ0v) is 9.97. The summed E-state index contributed by atoms with van der Waals surface area (Å²) >= 11 is 1.75. The molecule has 0 unspecified atom stereocenters. The number of carboxylic acids is 1. The fourth-order valence-corrected chi connectivity index (χ4v) is 1.71. The van der Waals surface area contributed by atoms with Gasteiger partial charge in [-0.15, -0.1) is 11.8 Å². The maximum absolute atomic E-state index is 10.7. The number of rotatable bonds is 3. The van der Waals surface area contributed by atoms with Crippen molar-refractivity contribution in [3.05, 3.63) is 29.6 Å². The van der Waals surface area contributed by atoms with E-state index in [1.165, 1.54) is 6.07 Å². The van der Waals surface area contributed by atoms with Gasteiger partial charge in [-0.05, 0) is 12.1 Å². The lowest BCUT2D eigenvalue weighted by molar-refractivity contribution is 0.0690. The van der Waals surface area contributed by atoms with E-state index >= 15 is 0 Å². The highest BCUT2D eigenvalue weighted by Gasteiger charge is 2.12. The van der Waals surface area contributed by atoms with Crippen LogP contribution in [0.15, 0.2) is 18.2 Å². The predicted octanol–water partition coefficient (Wildman–Crippen LogP) is 2.81. The summed E-state index contributed by atoms with van der Waals surface area (Å²) in [6.07, 6.45) is 0. The van der Waals surface area contributed by atoms with Gasteiger partial charge in [0, 0.05) is 10.5 Å². The van der Waals surface area contributed by atoms with Crippen LogP contribution in [0.2, 0.25) is 0 Å². The third-order valence-electron chi connectivity index (χ3n) is 1.68. The monoisotopic (exact) mass is 225 g/mol. The Kier molecular flexibility index (Phi) is 3.74. The van der Waals surface area contributed by atoms with Crippen molar-refractivity contribution in [2.24, 2.45) is 0 Å². The molecule has 1 heterocycles. The smallest absolute Gasteiger partial charge is 0.354 e. The van der Waals surface area contributed by atoms with Crippen LogP contribution >= 0.6 is 11.8 Å². The number of hydrogen-bond acceptors (Lipinski definition) is 3. The molecule has 0 aliphatic heterocycles. The number of nitrogens with zero attached hydrogens (tertiary/aromatic N) is 1. The summed E-state index contributed by atoms with van der Waals surface area (Å²) in [6, 6.07) is 5.09. The predicted molar refractivity (Wildman–Crippen MR) is 62.2 cm³/mol. The van der Waals surface area contributed by atoms with Gasteiger partial charge < -0.3 is 5.11 Å². The first-order valence-corrected chi connectivity index (χ1v) is 5.70. The Morgan fingerprint density at radius 2 is 2.13 bits per heavy atom. The molecule has 4 heteroatoms. The molecule has 15 heavy (non-hydrogen) atoms. The molecule has 0 fully saturated rings. The van der Waals surface area contributed by atoms with Gasteiger partial charge in [-0.3, -0.25) is 0 Å². The average molecular weight is 225 g/mol. The summed E-state index contributed by atoms with van der Waals surface area (Å²) in [6.45, 7) is 6.37. The Balaban J connectivity index is 2.70. The third-order valence-corrected chi connectivity index (χ3v) is 2.99. The minimum atomic E-state index is -0.974. The molecule has 1 aromatic heterocycles. The molecule has 0 saturated carbocycles. The largest absolute Gasteiger partial charge is 0.477 e. The Morgan fingerprint density at radius 1 is 1.47 bits per heavy atom. The molecular weight excluding hydrogens is 210 g/mol. The van der Waals surface area contributed by atoms with Gasteiger partial charge in [-0.2, -0.15) is 0 Å². The van der Waals surface area contributed by atoms with Crippen LogP contribution in [0.3, 0.4) is 0 Å². The molecule has 0 radical (unpaired) electrons. The molecule has 0 aliphatic carbocycles. The van der Waals surface area contributed by atoms with E-state index in [-0.39, 0.29) is 10.4 Å². The van der Waals surface area contributed by atoms with E-state index in [9.17, 15) is 4.79 Å². The molecule has 82 valence electrons. The highest BCUT2D eigenvalue weighted by atomic mass is 32.2. The zero-order chi connectivity index (χ0) is 11.5. The Bertz CT molecular complexity index is 358. The summed E-state index contributed by atoms with van der Waals surface area (Å²) in [5, 5.41) is 8.77. The molecule has 0 amide bonds. The van der Waals surface area contributed by atoms with Crippen molar-refractivity contribution in [1.82, 2.24) is 4.98 Å². The fraction of sp³-hybridized carbons (Fsp3) is 0.455. The van der Waals surface area contributed by atoms with Crippen LogP contribution in [0.25, 0.3) is 0 Å². The van der Waals surface area contributed by atoms with Crippen molar-refractivity contribution in [2.75, 3.05) is 0 Å². The molecule has 3 nitrogen and oxygen atoms in total. The van der Waals surface area contributed by atoms with Gasteiger partial charge in [-0.25, -0.2) is 9.78 Å². The van der Waals surface area contributed by atoms with E-state index in [2.05, 4.69) is 25.8 Å². The van der Waals surface area contributed by atoms with Crippen LogP contribution in [0.1, 0.15) is 37.0 Å². The number of pyridine rings is 1. The van der Waals surface area contributed by atoms with Crippen LogP contribution in [-0.4, -0.2) is 20.8 Å². The van der Waals surface area contributed by atoms with E-state index in [0.717, 1.165) is 11.4 Å². The van der Waals surface area contributed by atoms with Crippen LogP contribution < -0.4 is 0 Å². The maximum Gasteiger partial charge on any atom is 0.354 e. The van der Waals surface area contributed by atoms with Crippen LogP contribution in [0, 0.1) is 0 Å². The first kappa shape index (κ1) is 12.0. The van der Waals surface area contributed by atoms with Crippen molar-refractivity contribution >= 4 is 17.7 Å². The topological polar surface area (TPSA) is 50.2 Å². The van der Waals surface area contributed by atoms with Crippen molar-refractivity contribution in [2.45, 2.75) is 31.3 Å². The lowest BCUT2D eigenvalue weighted by Crippen LogP contribution is -2.08. The van der Waals surface area contributed by atoms with Gasteiger partial charge in [0.2, 0.25) is 0 Å². The van der Waals surface area contributed by atoms with E-state index in [4.69, 9.17) is 5.11 Å². The molecule has 0 aliphatic rings. The van der Waals surface area contributed by atoms with E-state index in [1.807, 2.05) is 6.07 Å². The number of carboxylic acid groups (broad SMARTS) is 1.